The van der Waals surface area contributed by atoms with E-state index in [9.17, 15) is 9.36 Å². The van der Waals surface area contributed by atoms with Gasteiger partial charge < -0.3 is 13.8 Å². The third-order valence-electron chi connectivity index (χ3n) is 4.57. The predicted octanol–water partition coefficient (Wildman–Crippen LogP) is 6.67. The second-order valence-electron chi connectivity index (χ2n) is 6.71. The number of fused-ring (bicyclic) bond motifs is 1. The fourth-order valence-corrected chi connectivity index (χ4v) is 5.63. The van der Waals surface area contributed by atoms with Gasteiger partial charge in [-0.3, -0.25) is 4.57 Å². The normalized spacial score (nSPS) is 13.9. The SMILES string of the molecule is CCOP(=O)(OCC)C(C)(F)c1ccc2sc(C(=O)OCc3ccccc3)cc2c1. The molecule has 1 aromatic heterocycles. The van der Waals surface area contributed by atoms with Gasteiger partial charge in [0.25, 0.3) is 0 Å². The third-order valence-corrected chi connectivity index (χ3v) is 8.15. The minimum Gasteiger partial charge on any atom is -0.457 e. The third kappa shape index (κ3) is 4.65. The summed E-state index contributed by atoms with van der Waals surface area (Å²) in [4.78, 5) is 12.8. The first-order valence-electron chi connectivity index (χ1n) is 9.64. The molecule has 0 aliphatic carbocycles. The van der Waals surface area contributed by atoms with Gasteiger partial charge in [-0.05, 0) is 49.9 Å². The molecule has 0 radical (unpaired) electrons. The fourth-order valence-electron chi connectivity index (χ4n) is 3.00. The first-order chi connectivity index (χ1) is 14.3. The lowest BCUT2D eigenvalue weighted by atomic mass is 10.1. The number of benzene rings is 2. The van der Waals surface area contributed by atoms with Gasteiger partial charge in [0.2, 0.25) is 5.41 Å². The first-order valence-corrected chi connectivity index (χ1v) is 12.0. The van der Waals surface area contributed by atoms with Crippen molar-refractivity contribution in [3.05, 3.63) is 70.6 Å². The molecular formula is C22H24FO5PS. The molecule has 1 heterocycles. The molecule has 3 aromatic rings. The van der Waals surface area contributed by atoms with Gasteiger partial charge in [-0.25, -0.2) is 9.18 Å². The summed E-state index contributed by atoms with van der Waals surface area (Å²) in [6.07, 6.45) is 0. The topological polar surface area (TPSA) is 61.8 Å². The Kier molecular flexibility index (Phi) is 7.09. The van der Waals surface area contributed by atoms with Crippen molar-refractivity contribution >= 4 is 35.0 Å². The Labute approximate surface area is 179 Å². The molecule has 8 heteroatoms. The fraction of sp³-hybridized carbons (Fsp3) is 0.318. The van der Waals surface area contributed by atoms with E-state index in [4.69, 9.17) is 13.8 Å². The van der Waals surface area contributed by atoms with Crippen molar-refractivity contribution in [1.82, 2.24) is 0 Å². The Balaban J connectivity index is 1.84. The second-order valence-corrected chi connectivity index (χ2v) is 10.1. The van der Waals surface area contributed by atoms with E-state index in [0.717, 1.165) is 10.3 Å². The Morgan fingerprint density at radius 1 is 1.07 bits per heavy atom. The van der Waals surface area contributed by atoms with Crippen LogP contribution in [0.15, 0.2) is 54.6 Å². The maximum absolute atomic E-state index is 15.6. The van der Waals surface area contributed by atoms with Crippen LogP contribution in [0.2, 0.25) is 0 Å². The number of carbonyl (C=O) groups is 1. The van der Waals surface area contributed by atoms with Gasteiger partial charge >= 0.3 is 13.6 Å². The molecule has 2 aromatic carbocycles. The number of halogens is 1. The molecule has 0 fully saturated rings. The lowest BCUT2D eigenvalue weighted by Crippen LogP contribution is -2.19. The summed E-state index contributed by atoms with van der Waals surface area (Å²) in [7, 11) is -4.03. The van der Waals surface area contributed by atoms with Crippen molar-refractivity contribution in [3.8, 4) is 0 Å². The molecule has 0 saturated carbocycles. The zero-order chi connectivity index (χ0) is 21.8. The van der Waals surface area contributed by atoms with Crippen molar-refractivity contribution in [2.24, 2.45) is 0 Å². The van der Waals surface area contributed by atoms with Crippen molar-refractivity contribution < 1.29 is 27.5 Å². The lowest BCUT2D eigenvalue weighted by Gasteiger charge is -2.29. The van der Waals surface area contributed by atoms with Crippen LogP contribution in [0.4, 0.5) is 4.39 Å². The van der Waals surface area contributed by atoms with Gasteiger partial charge in [0, 0.05) is 10.3 Å². The summed E-state index contributed by atoms with van der Waals surface area (Å²) in [5, 5.41) is -1.67. The summed E-state index contributed by atoms with van der Waals surface area (Å²) < 4.78 is 45.2. The van der Waals surface area contributed by atoms with E-state index in [-0.39, 0.29) is 25.4 Å². The van der Waals surface area contributed by atoms with Crippen LogP contribution < -0.4 is 0 Å². The standard InChI is InChI=1S/C22H24FO5PS/c1-4-27-29(25,28-5-2)22(3,23)18-11-12-19-17(13-18)14-20(30-19)21(24)26-15-16-9-7-6-8-10-16/h6-14H,4-5,15H2,1-3H3. The summed E-state index contributed by atoms with van der Waals surface area (Å²) in [6, 6.07) is 15.9. The lowest BCUT2D eigenvalue weighted by molar-refractivity contribution is 0.0478. The highest BCUT2D eigenvalue weighted by atomic mass is 32.1. The molecule has 0 N–H and O–H groups in total. The second kappa shape index (κ2) is 9.40. The minimum atomic E-state index is -4.03. The van der Waals surface area contributed by atoms with Crippen molar-refractivity contribution in [1.29, 1.82) is 0 Å². The summed E-state index contributed by atoms with van der Waals surface area (Å²) in [6.45, 7) is 4.77. The van der Waals surface area contributed by atoms with Crippen LogP contribution in [-0.4, -0.2) is 19.2 Å². The van der Waals surface area contributed by atoms with Crippen LogP contribution in [0.1, 0.15) is 41.6 Å². The smallest absolute Gasteiger partial charge is 0.371 e. The molecule has 30 heavy (non-hydrogen) atoms. The Bertz CT molecular complexity index is 1050. The largest absolute Gasteiger partial charge is 0.457 e. The van der Waals surface area contributed by atoms with Crippen LogP contribution >= 0.6 is 18.9 Å². The van der Waals surface area contributed by atoms with Gasteiger partial charge in [0.1, 0.15) is 11.5 Å². The Morgan fingerprint density at radius 3 is 2.37 bits per heavy atom. The van der Waals surface area contributed by atoms with Crippen molar-refractivity contribution in [2.75, 3.05) is 13.2 Å². The molecule has 0 spiro atoms. The Hall–Kier alpha value is -2.05. The molecule has 0 aliphatic heterocycles. The van der Waals surface area contributed by atoms with Gasteiger partial charge in [0.05, 0.1) is 13.2 Å². The van der Waals surface area contributed by atoms with E-state index >= 15 is 4.39 Å². The van der Waals surface area contributed by atoms with Crippen LogP contribution in [-0.2, 0) is 30.4 Å². The van der Waals surface area contributed by atoms with Crippen LogP contribution in [0, 0.1) is 0 Å². The molecule has 0 bridgehead atoms. The Morgan fingerprint density at radius 2 is 1.73 bits per heavy atom. The number of hydrogen-bond donors (Lipinski definition) is 0. The first kappa shape index (κ1) is 22.6. The maximum atomic E-state index is 15.6. The molecule has 0 saturated heterocycles. The van der Waals surface area contributed by atoms with Crippen LogP contribution in [0.5, 0.6) is 0 Å². The number of alkyl halides is 1. The average molecular weight is 450 g/mol. The molecule has 1 unspecified atom stereocenters. The van der Waals surface area contributed by atoms with E-state index < -0.39 is 19.0 Å². The van der Waals surface area contributed by atoms with Gasteiger partial charge in [-0.15, -0.1) is 11.3 Å². The number of hydrogen-bond acceptors (Lipinski definition) is 6. The van der Waals surface area contributed by atoms with Crippen molar-refractivity contribution in [2.45, 2.75) is 32.8 Å². The van der Waals surface area contributed by atoms with E-state index in [0.29, 0.717) is 10.3 Å². The van der Waals surface area contributed by atoms with Crippen LogP contribution in [0.25, 0.3) is 10.1 Å². The number of thiophene rings is 1. The molecular weight excluding hydrogens is 426 g/mol. The number of ether oxygens (including phenoxy) is 1. The highest BCUT2D eigenvalue weighted by Crippen LogP contribution is 2.65. The molecule has 0 amide bonds. The highest BCUT2D eigenvalue weighted by Gasteiger charge is 2.49. The van der Waals surface area contributed by atoms with Crippen LogP contribution in [0.3, 0.4) is 0 Å². The maximum Gasteiger partial charge on any atom is 0.371 e. The van der Waals surface area contributed by atoms with E-state index in [1.807, 2.05) is 30.3 Å². The predicted molar refractivity (Wildman–Crippen MR) is 117 cm³/mol. The van der Waals surface area contributed by atoms with Gasteiger partial charge in [-0.2, -0.15) is 0 Å². The van der Waals surface area contributed by atoms with Gasteiger partial charge in [-0.1, -0.05) is 36.4 Å². The molecule has 5 nitrogen and oxygen atoms in total. The zero-order valence-electron chi connectivity index (χ0n) is 17.1. The summed E-state index contributed by atoms with van der Waals surface area (Å²) in [5.74, 6) is -0.445. The molecule has 160 valence electrons. The van der Waals surface area contributed by atoms with E-state index in [2.05, 4.69) is 0 Å². The van der Waals surface area contributed by atoms with E-state index in [1.165, 1.54) is 18.3 Å². The quantitative estimate of drug-likeness (QED) is 0.269. The van der Waals surface area contributed by atoms with Gasteiger partial charge in [0.15, 0.2) is 0 Å². The summed E-state index contributed by atoms with van der Waals surface area (Å²) >= 11 is 1.26. The zero-order valence-corrected chi connectivity index (χ0v) is 18.8. The highest BCUT2D eigenvalue weighted by molar-refractivity contribution is 7.54. The molecule has 0 aliphatic rings. The number of esters is 1. The molecule has 1 atom stereocenters. The van der Waals surface area contributed by atoms with E-state index in [1.54, 1.807) is 38.1 Å². The minimum absolute atomic E-state index is 0.0644. The monoisotopic (exact) mass is 450 g/mol. The molecule has 3 rings (SSSR count). The number of carbonyl (C=O) groups excluding carboxylic acids is 1. The average Bonchev–Trinajstić information content (AvgIpc) is 3.16. The van der Waals surface area contributed by atoms with Crippen molar-refractivity contribution in [3.63, 3.8) is 0 Å². The summed E-state index contributed by atoms with van der Waals surface area (Å²) in [5.41, 5.74) is 1.06. The number of rotatable bonds is 9.